The zero-order valence-corrected chi connectivity index (χ0v) is 15.2. The minimum absolute atomic E-state index is 0.0416. The molecule has 0 saturated carbocycles. The third kappa shape index (κ3) is 3.49. The lowest BCUT2D eigenvalue weighted by molar-refractivity contribution is -0.145. The highest BCUT2D eigenvalue weighted by atomic mass is 35.5. The van der Waals surface area contributed by atoms with Crippen molar-refractivity contribution in [3.63, 3.8) is 0 Å². The van der Waals surface area contributed by atoms with E-state index in [-0.39, 0.29) is 17.3 Å². The Kier molecular flexibility index (Phi) is 4.62. The molecule has 146 valence electrons. The number of pyridine rings is 1. The van der Waals surface area contributed by atoms with Crippen LogP contribution in [0.5, 0.6) is 0 Å². The van der Waals surface area contributed by atoms with Crippen molar-refractivity contribution in [2.24, 2.45) is 0 Å². The number of aromatic nitrogens is 3. The van der Waals surface area contributed by atoms with Gasteiger partial charge in [-0.2, -0.15) is 13.2 Å². The monoisotopic (exact) mass is 409 g/mol. The molecule has 0 bridgehead atoms. The zero-order chi connectivity index (χ0) is 19.9. The summed E-state index contributed by atoms with van der Waals surface area (Å²) in [7, 11) is 0. The summed E-state index contributed by atoms with van der Waals surface area (Å²) >= 11 is 5.99. The SMILES string of the molecule is O=C(NCCC1Cc2cc(Cl)ccc2N1)c1cccn2c(C(F)(F)F)nnc12. The van der Waals surface area contributed by atoms with Gasteiger partial charge >= 0.3 is 6.18 Å². The standard InChI is InChI=1S/C18H15ClF3N5O/c19-11-3-4-14-10(8-11)9-12(24-14)5-6-23-16(28)13-2-1-7-27-15(13)25-26-17(27)18(20,21)22/h1-4,7-8,12,24H,5-6,9H2,(H,23,28). The molecule has 4 rings (SSSR count). The highest BCUT2D eigenvalue weighted by Crippen LogP contribution is 2.30. The zero-order valence-electron chi connectivity index (χ0n) is 14.4. The number of carbonyl (C=O) groups excluding carboxylic acids is 1. The lowest BCUT2D eigenvalue weighted by Crippen LogP contribution is -2.29. The highest BCUT2D eigenvalue weighted by Gasteiger charge is 2.37. The molecule has 10 heteroatoms. The molecule has 1 unspecified atom stereocenters. The number of amides is 1. The summed E-state index contributed by atoms with van der Waals surface area (Å²) in [5.74, 6) is -1.66. The van der Waals surface area contributed by atoms with Crippen molar-refractivity contribution < 1.29 is 18.0 Å². The highest BCUT2D eigenvalue weighted by molar-refractivity contribution is 6.30. The molecule has 2 N–H and O–H groups in total. The lowest BCUT2D eigenvalue weighted by atomic mass is 10.1. The Morgan fingerprint density at radius 2 is 2.14 bits per heavy atom. The van der Waals surface area contributed by atoms with Crippen LogP contribution in [0.1, 0.15) is 28.2 Å². The number of nitrogens with zero attached hydrogens (tertiary/aromatic N) is 3. The Balaban J connectivity index is 1.40. The molecule has 1 aromatic carbocycles. The first-order chi connectivity index (χ1) is 13.3. The molecule has 0 radical (unpaired) electrons. The summed E-state index contributed by atoms with van der Waals surface area (Å²) in [6.07, 6.45) is -2.03. The molecule has 3 heterocycles. The van der Waals surface area contributed by atoms with E-state index in [9.17, 15) is 18.0 Å². The molecule has 1 aliphatic rings. The third-order valence-electron chi connectivity index (χ3n) is 4.60. The van der Waals surface area contributed by atoms with Gasteiger partial charge < -0.3 is 10.6 Å². The van der Waals surface area contributed by atoms with Crippen molar-refractivity contribution in [2.75, 3.05) is 11.9 Å². The van der Waals surface area contributed by atoms with Gasteiger partial charge in [0, 0.05) is 29.5 Å². The van der Waals surface area contributed by atoms with E-state index in [1.165, 1.54) is 18.3 Å². The minimum atomic E-state index is -4.65. The van der Waals surface area contributed by atoms with E-state index in [0.29, 0.717) is 18.0 Å². The van der Waals surface area contributed by atoms with E-state index in [0.717, 1.165) is 22.1 Å². The van der Waals surface area contributed by atoms with Gasteiger partial charge in [0.2, 0.25) is 5.82 Å². The Morgan fingerprint density at radius 1 is 1.32 bits per heavy atom. The normalized spacial score (nSPS) is 16.1. The third-order valence-corrected chi connectivity index (χ3v) is 4.84. The van der Waals surface area contributed by atoms with Crippen LogP contribution in [-0.2, 0) is 12.6 Å². The predicted octanol–water partition coefficient (Wildman–Crippen LogP) is 3.56. The summed E-state index contributed by atoms with van der Waals surface area (Å²) < 4.78 is 39.6. The van der Waals surface area contributed by atoms with Gasteiger partial charge in [-0.15, -0.1) is 10.2 Å². The van der Waals surface area contributed by atoms with Crippen LogP contribution in [0, 0.1) is 0 Å². The van der Waals surface area contributed by atoms with Gasteiger partial charge in [0.1, 0.15) is 0 Å². The Hall–Kier alpha value is -2.81. The summed E-state index contributed by atoms with van der Waals surface area (Å²) in [5, 5.41) is 13.5. The van der Waals surface area contributed by atoms with Gasteiger partial charge in [-0.1, -0.05) is 11.6 Å². The fourth-order valence-corrected chi connectivity index (χ4v) is 3.52. The van der Waals surface area contributed by atoms with Crippen LogP contribution in [0.25, 0.3) is 5.65 Å². The Bertz CT molecular complexity index is 1050. The summed E-state index contributed by atoms with van der Waals surface area (Å²) in [5.41, 5.74) is 2.05. The fraction of sp³-hybridized carbons (Fsp3) is 0.278. The van der Waals surface area contributed by atoms with Gasteiger partial charge in [0.25, 0.3) is 5.91 Å². The van der Waals surface area contributed by atoms with Crippen molar-refractivity contribution in [3.8, 4) is 0 Å². The van der Waals surface area contributed by atoms with Crippen LogP contribution in [0.15, 0.2) is 36.5 Å². The maximum atomic E-state index is 13.0. The molecule has 0 spiro atoms. The Labute approximate surface area is 162 Å². The number of halogens is 4. The number of hydrogen-bond donors (Lipinski definition) is 2. The number of fused-ring (bicyclic) bond motifs is 2. The molecule has 0 aliphatic carbocycles. The van der Waals surface area contributed by atoms with E-state index in [2.05, 4.69) is 20.8 Å². The largest absolute Gasteiger partial charge is 0.452 e. The summed E-state index contributed by atoms with van der Waals surface area (Å²) in [4.78, 5) is 12.4. The van der Waals surface area contributed by atoms with Crippen molar-refractivity contribution >= 4 is 28.8 Å². The first-order valence-electron chi connectivity index (χ1n) is 8.57. The molecular formula is C18H15ClF3N5O. The van der Waals surface area contributed by atoms with Crippen LogP contribution < -0.4 is 10.6 Å². The Morgan fingerprint density at radius 3 is 2.93 bits per heavy atom. The average molecular weight is 410 g/mol. The first-order valence-corrected chi connectivity index (χ1v) is 8.95. The quantitative estimate of drug-likeness (QED) is 0.691. The van der Waals surface area contributed by atoms with Crippen LogP contribution in [0.3, 0.4) is 0 Å². The topological polar surface area (TPSA) is 71.3 Å². The van der Waals surface area contributed by atoms with Gasteiger partial charge in [-0.25, -0.2) is 0 Å². The number of benzene rings is 1. The number of anilines is 1. The fourth-order valence-electron chi connectivity index (χ4n) is 3.32. The van der Waals surface area contributed by atoms with E-state index in [1.54, 1.807) is 0 Å². The van der Waals surface area contributed by atoms with Gasteiger partial charge in [-0.3, -0.25) is 9.20 Å². The molecule has 2 aromatic heterocycles. The molecule has 1 amide bonds. The van der Waals surface area contributed by atoms with Crippen LogP contribution in [-0.4, -0.2) is 33.1 Å². The summed E-state index contributed by atoms with van der Waals surface area (Å²) in [6.45, 7) is 0.361. The molecule has 0 saturated heterocycles. The molecule has 0 fully saturated rings. The minimum Gasteiger partial charge on any atom is -0.382 e. The molecule has 6 nitrogen and oxygen atoms in total. The van der Waals surface area contributed by atoms with Crippen LogP contribution in [0.4, 0.5) is 18.9 Å². The van der Waals surface area contributed by atoms with Crippen molar-refractivity contribution in [2.45, 2.75) is 25.1 Å². The number of rotatable bonds is 4. The van der Waals surface area contributed by atoms with Crippen molar-refractivity contribution in [1.29, 1.82) is 0 Å². The molecule has 1 aliphatic heterocycles. The lowest BCUT2D eigenvalue weighted by Gasteiger charge is -2.12. The number of alkyl halides is 3. The van der Waals surface area contributed by atoms with Crippen LogP contribution in [0.2, 0.25) is 5.02 Å². The number of hydrogen-bond acceptors (Lipinski definition) is 4. The summed E-state index contributed by atoms with van der Waals surface area (Å²) in [6, 6.07) is 8.57. The van der Waals surface area contributed by atoms with E-state index < -0.39 is 17.9 Å². The van der Waals surface area contributed by atoms with E-state index in [1.807, 2.05) is 18.2 Å². The van der Waals surface area contributed by atoms with Gasteiger partial charge in [-0.05, 0) is 48.7 Å². The molecular weight excluding hydrogens is 395 g/mol. The average Bonchev–Trinajstić information content (AvgIpc) is 3.24. The second-order valence-electron chi connectivity index (χ2n) is 6.53. The molecule has 3 aromatic rings. The van der Waals surface area contributed by atoms with E-state index in [4.69, 9.17) is 11.6 Å². The maximum Gasteiger partial charge on any atom is 0.452 e. The second kappa shape index (κ2) is 6.97. The number of nitrogens with one attached hydrogen (secondary N) is 2. The first kappa shape index (κ1) is 18.5. The van der Waals surface area contributed by atoms with E-state index >= 15 is 0 Å². The van der Waals surface area contributed by atoms with Crippen molar-refractivity contribution in [3.05, 3.63) is 58.5 Å². The number of carbonyl (C=O) groups is 1. The maximum absolute atomic E-state index is 13.0. The van der Waals surface area contributed by atoms with Gasteiger partial charge in [0.15, 0.2) is 5.65 Å². The molecule has 1 atom stereocenters. The smallest absolute Gasteiger partial charge is 0.382 e. The second-order valence-corrected chi connectivity index (χ2v) is 6.96. The van der Waals surface area contributed by atoms with Gasteiger partial charge in [0.05, 0.1) is 5.56 Å². The predicted molar refractivity (Wildman–Crippen MR) is 97.5 cm³/mol. The molecule has 28 heavy (non-hydrogen) atoms. The van der Waals surface area contributed by atoms with Crippen LogP contribution >= 0.6 is 11.6 Å². The van der Waals surface area contributed by atoms with Crippen molar-refractivity contribution in [1.82, 2.24) is 19.9 Å².